The molecule has 27 nitrogen and oxygen atoms in total. The lowest BCUT2D eigenvalue weighted by Gasteiger charge is -2.29. The normalized spacial score (nSPS) is 15.3. The fourth-order valence-electron chi connectivity index (χ4n) is 7.90. The Labute approximate surface area is 466 Å². The summed E-state index contributed by atoms with van der Waals surface area (Å²) >= 11 is 0. The zero-order valence-electron chi connectivity index (χ0n) is 47.5. The average molecular weight is 1130 g/mol. The summed E-state index contributed by atoms with van der Waals surface area (Å²) in [5, 5.41) is 42.6. The molecule has 10 atom stereocenters. The van der Waals surface area contributed by atoms with Gasteiger partial charge in [0, 0.05) is 24.7 Å². The fraction of sp³-hybridized carbons (Fsp3) is 0.623. The predicted molar refractivity (Wildman–Crippen MR) is 294 cm³/mol. The van der Waals surface area contributed by atoms with Crippen molar-refractivity contribution < 1.29 is 63.0 Å². The number of aromatic nitrogens is 2. The highest BCUT2D eigenvalue weighted by molar-refractivity contribution is 6.04. The first-order chi connectivity index (χ1) is 37.3. The maximum atomic E-state index is 14.2. The molecule has 0 aliphatic heterocycles. The number of aromatic amines is 1. The van der Waals surface area contributed by atoms with E-state index in [-0.39, 0.29) is 50.5 Å². The number of carbonyl (C=O) groups excluding carboxylic acids is 10. The molecule has 0 bridgehead atoms. The van der Waals surface area contributed by atoms with Crippen LogP contribution < -0.4 is 65.1 Å². The molecule has 0 spiro atoms. The second kappa shape index (κ2) is 33.3. The number of carbonyl (C=O) groups is 11. The zero-order chi connectivity index (χ0) is 60.6. The molecule has 0 aliphatic carbocycles. The highest BCUT2D eigenvalue weighted by atomic mass is 16.4. The lowest BCUT2D eigenvalue weighted by molar-refractivity contribution is -0.142. The summed E-state index contributed by atoms with van der Waals surface area (Å²) in [4.78, 5) is 155. The number of hydrogen-bond donors (Lipinski definition) is 15. The van der Waals surface area contributed by atoms with Gasteiger partial charge in [0.25, 0.3) is 0 Å². The van der Waals surface area contributed by atoms with Crippen LogP contribution in [0, 0.1) is 17.8 Å². The molecule has 2 aromatic rings. The molecule has 0 unspecified atom stereocenters. The molecule has 18 N–H and O–H groups in total. The lowest BCUT2D eigenvalue weighted by atomic mass is 9.98. The van der Waals surface area contributed by atoms with Gasteiger partial charge in [0.2, 0.25) is 59.1 Å². The Kier molecular flexibility index (Phi) is 28.6. The molecule has 1 aromatic heterocycles. The Bertz CT molecular complexity index is 2400. The Balaban J connectivity index is 2.31. The molecule has 2 rings (SSSR count). The summed E-state index contributed by atoms with van der Waals surface area (Å²) in [7, 11) is 0. The van der Waals surface area contributed by atoms with Gasteiger partial charge >= 0.3 is 5.97 Å². The van der Waals surface area contributed by atoms with Crippen LogP contribution in [0.4, 0.5) is 0 Å². The largest absolute Gasteiger partial charge is 0.481 e. The van der Waals surface area contributed by atoms with E-state index in [9.17, 15) is 63.0 Å². The Morgan fingerprint density at radius 1 is 0.600 bits per heavy atom. The molecule has 1 aromatic carbocycles. The molecular formula is C53H86N14O13. The number of hydrogen-bond acceptors (Lipinski definition) is 16. The number of amides is 10. The van der Waals surface area contributed by atoms with E-state index in [0.29, 0.717) is 24.1 Å². The molecule has 446 valence electrons. The van der Waals surface area contributed by atoms with Gasteiger partial charge in [0.1, 0.15) is 48.3 Å². The maximum Gasteiger partial charge on any atom is 0.305 e. The zero-order valence-corrected chi connectivity index (χ0v) is 47.5. The second-order valence-electron chi connectivity index (χ2n) is 21.8. The SMILES string of the molecule is CC(C)C[C@H](NC(=O)[C@H](CC(C)C)NC(=O)C(C)(C)N)C(=O)NC(=O)[C@@H](NC(=O)[C@H](Cc1ccccc1)NC(=O)[C@H](C)NC(=O)[C@H](CC(=O)O)NC(=O)[C@@H](NC(=O)[C@H](CCCCN)NC(=O)[C@@H](N)Cc1cnc[nH]1)[C@@H](C)O)C(C)C. The highest BCUT2D eigenvalue weighted by Gasteiger charge is 2.37. The molecule has 0 saturated heterocycles. The molecular weight excluding hydrogens is 1040 g/mol. The van der Waals surface area contributed by atoms with E-state index in [0.717, 1.165) is 6.92 Å². The average Bonchev–Trinajstić information content (AvgIpc) is 3.88. The van der Waals surface area contributed by atoms with Crippen LogP contribution in [0.1, 0.15) is 119 Å². The minimum atomic E-state index is -1.90. The number of nitrogens with zero attached hydrogens (tertiary/aromatic N) is 1. The number of unbranched alkanes of at least 4 members (excludes halogenated alkanes) is 1. The van der Waals surface area contributed by atoms with Crippen molar-refractivity contribution in [3.05, 3.63) is 54.1 Å². The smallest absolute Gasteiger partial charge is 0.305 e. The molecule has 0 radical (unpaired) electrons. The van der Waals surface area contributed by atoms with E-state index >= 15 is 0 Å². The van der Waals surface area contributed by atoms with Crippen LogP contribution in [0.3, 0.4) is 0 Å². The number of carboxylic acids is 1. The molecule has 0 saturated carbocycles. The van der Waals surface area contributed by atoms with Crippen molar-refractivity contribution in [2.45, 2.75) is 187 Å². The van der Waals surface area contributed by atoms with Crippen LogP contribution in [0.5, 0.6) is 0 Å². The number of imidazole rings is 1. The summed E-state index contributed by atoms with van der Waals surface area (Å²) < 4.78 is 0. The van der Waals surface area contributed by atoms with Gasteiger partial charge in [-0.05, 0) is 89.7 Å². The third-order valence-corrected chi connectivity index (χ3v) is 12.4. The number of rotatable bonds is 34. The van der Waals surface area contributed by atoms with Crippen molar-refractivity contribution in [1.82, 2.24) is 57.8 Å². The summed E-state index contributed by atoms with van der Waals surface area (Å²) in [6, 6.07) is -4.32. The third-order valence-electron chi connectivity index (χ3n) is 12.4. The Hall–Kier alpha value is -7.36. The first-order valence-electron chi connectivity index (χ1n) is 26.8. The Morgan fingerprint density at radius 2 is 1.12 bits per heavy atom. The van der Waals surface area contributed by atoms with Gasteiger partial charge in [-0.3, -0.25) is 58.1 Å². The monoisotopic (exact) mass is 1130 g/mol. The second-order valence-corrected chi connectivity index (χ2v) is 21.8. The van der Waals surface area contributed by atoms with Gasteiger partial charge in [0.05, 0.1) is 30.4 Å². The van der Waals surface area contributed by atoms with Gasteiger partial charge in [-0.25, -0.2) is 4.98 Å². The number of nitrogens with two attached hydrogens (primary N) is 3. The number of aliphatic carboxylic acids is 1. The molecule has 0 fully saturated rings. The van der Waals surface area contributed by atoms with E-state index < -0.39 is 143 Å². The van der Waals surface area contributed by atoms with Crippen LogP contribution in [-0.4, -0.2) is 158 Å². The van der Waals surface area contributed by atoms with Crippen molar-refractivity contribution in [1.29, 1.82) is 0 Å². The number of imide groups is 1. The molecule has 27 heteroatoms. The summed E-state index contributed by atoms with van der Waals surface area (Å²) in [5.74, 6) is -11.4. The Morgan fingerprint density at radius 3 is 1.65 bits per heavy atom. The van der Waals surface area contributed by atoms with E-state index in [1.165, 1.54) is 33.3 Å². The van der Waals surface area contributed by atoms with Crippen LogP contribution in [-0.2, 0) is 65.6 Å². The number of aliphatic hydroxyl groups is 1. The summed E-state index contributed by atoms with van der Waals surface area (Å²) in [5.41, 5.74) is 17.5. The van der Waals surface area contributed by atoms with Gasteiger partial charge in [-0.15, -0.1) is 0 Å². The number of aliphatic hydroxyl groups excluding tert-OH is 1. The van der Waals surface area contributed by atoms with E-state index in [4.69, 9.17) is 17.2 Å². The quantitative estimate of drug-likeness (QED) is 0.0323. The first kappa shape index (κ1) is 68.7. The highest BCUT2D eigenvalue weighted by Crippen LogP contribution is 2.13. The minimum Gasteiger partial charge on any atom is -0.481 e. The molecule has 10 amide bonds. The number of H-pyrrole nitrogens is 1. The third kappa shape index (κ3) is 24.3. The van der Waals surface area contributed by atoms with Gasteiger partial charge < -0.3 is 74.9 Å². The van der Waals surface area contributed by atoms with E-state index in [1.807, 2.05) is 13.8 Å². The number of carboxylic acid groups (broad SMARTS) is 1. The van der Waals surface area contributed by atoms with Crippen LogP contribution in [0.25, 0.3) is 0 Å². The summed E-state index contributed by atoms with van der Waals surface area (Å²) in [6.45, 7) is 16.0. The van der Waals surface area contributed by atoms with E-state index in [2.05, 4.69) is 57.8 Å². The maximum absolute atomic E-state index is 14.2. The van der Waals surface area contributed by atoms with Crippen molar-refractivity contribution in [3.8, 4) is 0 Å². The fourth-order valence-corrected chi connectivity index (χ4v) is 7.90. The number of benzene rings is 1. The van der Waals surface area contributed by atoms with Crippen molar-refractivity contribution in [3.63, 3.8) is 0 Å². The van der Waals surface area contributed by atoms with E-state index in [1.54, 1.807) is 58.0 Å². The van der Waals surface area contributed by atoms with Gasteiger partial charge in [-0.2, -0.15) is 0 Å². The van der Waals surface area contributed by atoms with Crippen molar-refractivity contribution in [2.24, 2.45) is 35.0 Å². The topological polar surface area (TPSA) is 443 Å². The molecule has 80 heavy (non-hydrogen) atoms. The number of nitrogens with one attached hydrogen (secondary N) is 10. The van der Waals surface area contributed by atoms with Gasteiger partial charge in [0.15, 0.2) is 0 Å². The molecule has 1 heterocycles. The van der Waals surface area contributed by atoms with Gasteiger partial charge in [-0.1, -0.05) is 71.9 Å². The summed E-state index contributed by atoms with van der Waals surface area (Å²) in [6.07, 6.45) is 1.27. The van der Waals surface area contributed by atoms with Crippen molar-refractivity contribution in [2.75, 3.05) is 6.54 Å². The lowest BCUT2D eigenvalue weighted by Crippen LogP contribution is -2.62. The first-order valence-corrected chi connectivity index (χ1v) is 26.8. The minimum absolute atomic E-state index is 0.0483. The van der Waals surface area contributed by atoms with Crippen LogP contribution in [0.15, 0.2) is 42.9 Å². The van der Waals surface area contributed by atoms with Crippen molar-refractivity contribution >= 4 is 65.0 Å². The van der Waals surface area contributed by atoms with Crippen LogP contribution in [0.2, 0.25) is 0 Å². The standard InChI is InChI=1S/C53H86N14O13/c1-27(2)20-36(62-47(75)37(21-28(3)4)64-52(80)53(9,10)56)49(77)67-50(78)41(29(5)6)65-48(76)38(22-32-16-12-11-13-17-32)61-43(71)30(7)59-46(74)39(24-40(69)70)63-51(79)42(31(8)68)66-45(73)35(18-14-15-19-54)60-44(72)34(55)23-33-25-57-26-58-33/h11-13,16-17,25-31,34-39,41-42,68H,14-15,18-24,54-56H2,1-10H3,(H,57,58)(H,59,74)(H,60,72)(H,61,71)(H,62,75)(H,63,79)(H,64,80)(H,65,76)(H,66,73)(H,69,70)(H,67,77,78)/t30-,31+,34-,35-,36-,37-,38-,39-,41-,42-/m0/s1. The molecule has 0 aliphatic rings. The predicted octanol–water partition coefficient (Wildman–Crippen LogP) is -2.47. The van der Waals surface area contributed by atoms with Crippen LogP contribution >= 0.6 is 0 Å².